The van der Waals surface area contributed by atoms with Crippen molar-refractivity contribution in [1.82, 2.24) is 19.3 Å². The Balaban J connectivity index is 0.00000225. The van der Waals surface area contributed by atoms with Crippen molar-refractivity contribution >= 4 is 29.2 Å². The van der Waals surface area contributed by atoms with Crippen molar-refractivity contribution in [2.45, 2.75) is 32.4 Å². The number of carboxylic acids is 1. The van der Waals surface area contributed by atoms with Crippen molar-refractivity contribution in [3.8, 4) is 0 Å². The summed E-state index contributed by atoms with van der Waals surface area (Å²) in [5.74, 6) is -0.920. The van der Waals surface area contributed by atoms with Crippen molar-refractivity contribution in [2.24, 2.45) is 11.8 Å². The quantitative estimate of drug-likeness (QED) is 0.395. The van der Waals surface area contributed by atoms with Crippen LogP contribution in [0.5, 0.6) is 0 Å². The van der Waals surface area contributed by atoms with E-state index in [1.165, 1.54) is 16.7 Å². The molecule has 2 aliphatic heterocycles. The molecule has 2 aliphatic rings. The summed E-state index contributed by atoms with van der Waals surface area (Å²) in [4.78, 5) is 34.4. The number of hydrogen-bond acceptors (Lipinski definition) is 7. The van der Waals surface area contributed by atoms with E-state index >= 15 is 0 Å². The van der Waals surface area contributed by atoms with E-state index < -0.39 is 18.0 Å². The van der Waals surface area contributed by atoms with Gasteiger partial charge in [-0.3, -0.25) is 9.78 Å². The molecule has 0 bridgehead atoms. The van der Waals surface area contributed by atoms with Crippen LogP contribution < -0.4 is 34.7 Å². The predicted molar refractivity (Wildman–Crippen MR) is 96.2 cm³/mol. The molecule has 4 heterocycles. The summed E-state index contributed by atoms with van der Waals surface area (Å²) in [6.07, 6.45) is 6.83. The summed E-state index contributed by atoms with van der Waals surface area (Å²) in [5, 5.41) is 21.5. The largest absolute Gasteiger partial charge is 1.00 e. The second-order valence-electron chi connectivity index (χ2n) is 6.90. The second-order valence-corrected chi connectivity index (χ2v) is 8.04. The normalized spacial score (nSPS) is 24.8. The number of carbonyl (C=O) groups is 2. The topological polar surface area (TPSA) is 111 Å². The van der Waals surface area contributed by atoms with E-state index in [1.54, 1.807) is 25.5 Å². The molecule has 1 N–H and O–H groups in total. The van der Waals surface area contributed by atoms with Crippen LogP contribution in [0.15, 0.2) is 35.4 Å². The molecule has 28 heavy (non-hydrogen) atoms. The zero-order valence-electron chi connectivity index (χ0n) is 15.9. The first-order valence-electron chi connectivity index (χ1n) is 8.77. The molecule has 8 nitrogen and oxygen atoms in total. The van der Waals surface area contributed by atoms with Crippen LogP contribution in [0.2, 0.25) is 0 Å². The number of fused-ring (bicyclic) bond motifs is 2. The summed E-state index contributed by atoms with van der Waals surface area (Å²) in [7, 11) is 0. The fourth-order valence-corrected chi connectivity index (χ4v) is 5.27. The Hall–Kier alpha value is -1.39. The van der Waals surface area contributed by atoms with Gasteiger partial charge in [0.2, 0.25) is 5.91 Å². The van der Waals surface area contributed by atoms with Gasteiger partial charge in [-0.25, -0.2) is 4.98 Å². The zero-order valence-corrected chi connectivity index (χ0v) is 18.7. The molecule has 2 aromatic rings. The molecule has 0 spiro atoms. The molecule has 4 atom stereocenters. The van der Waals surface area contributed by atoms with Crippen LogP contribution in [0.3, 0.4) is 0 Å². The Morgan fingerprint density at radius 3 is 2.86 bits per heavy atom. The van der Waals surface area contributed by atoms with E-state index in [4.69, 9.17) is 0 Å². The van der Waals surface area contributed by atoms with Gasteiger partial charge >= 0.3 is 29.6 Å². The molecule has 10 heteroatoms. The number of aromatic nitrogens is 3. The molecule has 4 rings (SSSR count). The van der Waals surface area contributed by atoms with E-state index in [0.29, 0.717) is 17.1 Å². The number of amides is 1. The molecule has 1 amide bonds. The average Bonchev–Trinajstić information content (AvgIpc) is 3.13. The number of imidazole rings is 1. The molecule has 1 saturated heterocycles. The van der Waals surface area contributed by atoms with Crippen LogP contribution in [0, 0.1) is 11.8 Å². The number of aliphatic hydroxyl groups excluding tert-OH is 1. The van der Waals surface area contributed by atoms with Gasteiger partial charge in [0, 0.05) is 35.4 Å². The third kappa shape index (κ3) is 3.29. The molecular formula is C18H19N4NaO4S. The minimum absolute atomic E-state index is 0. The Kier molecular flexibility index (Phi) is 6.21. The van der Waals surface area contributed by atoms with E-state index in [0.717, 1.165) is 11.3 Å². The van der Waals surface area contributed by atoms with Crippen molar-refractivity contribution in [2.75, 3.05) is 5.75 Å². The number of aryl methyl sites for hydroxylation is 1. The number of rotatable bonds is 6. The number of β-lactam (4-membered cyclic amide) rings is 1. The van der Waals surface area contributed by atoms with Crippen molar-refractivity contribution in [1.29, 1.82) is 0 Å². The maximum absolute atomic E-state index is 12.3. The average molecular weight is 410 g/mol. The predicted octanol–water partition coefficient (Wildman–Crippen LogP) is -3.17. The molecule has 142 valence electrons. The van der Waals surface area contributed by atoms with Crippen molar-refractivity contribution in [3.63, 3.8) is 0 Å². The smallest absolute Gasteiger partial charge is 0.543 e. The molecule has 2 aromatic heterocycles. The van der Waals surface area contributed by atoms with Crippen LogP contribution in [-0.2, 0) is 16.0 Å². The fourth-order valence-electron chi connectivity index (χ4n) is 4.05. The first-order chi connectivity index (χ1) is 12.9. The number of hydrogen-bond donors (Lipinski definition) is 1. The Labute approximate surface area is 188 Å². The van der Waals surface area contributed by atoms with Crippen LogP contribution >= 0.6 is 11.8 Å². The molecule has 0 aliphatic carbocycles. The number of carbonyl (C=O) groups excluding carboxylic acids is 2. The number of carboxylic acid groups (broad SMARTS) is 1. The van der Waals surface area contributed by atoms with E-state index in [2.05, 4.69) is 9.97 Å². The Morgan fingerprint density at radius 2 is 2.18 bits per heavy atom. The van der Waals surface area contributed by atoms with E-state index in [9.17, 15) is 19.8 Å². The van der Waals surface area contributed by atoms with Gasteiger partial charge in [0.15, 0.2) is 0 Å². The van der Waals surface area contributed by atoms with Crippen LogP contribution in [0.25, 0.3) is 5.52 Å². The fraction of sp³-hybridized carbons (Fsp3) is 0.444. The van der Waals surface area contributed by atoms with E-state index in [1.807, 2.05) is 17.5 Å². The van der Waals surface area contributed by atoms with Crippen molar-refractivity contribution in [3.05, 3.63) is 41.2 Å². The molecule has 0 unspecified atom stereocenters. The van der Waals surface area contributed by atoms with Crippen LogP contribution in [0.4, 0.5) is 0 Å². The summed E-state index contributed by atoms with van der Waals surface area (Å²) >= 11 is 1.41. The summed E-state index contributed by atoms with van der Waals surface area (Å²) in [6, 6.07) is -0.314. The molecule has 0 aromatic carbocycles. The van der Waals surface area contributed by atoms with E-state index in [-0.39, 0.29) is 53.1 Å². The maximum atomic E-state index is 12.3. The third-order valence-corrected chi connectivity index (χ3v) is 6.58. The summed E-state index contributed by atoms with van der Waals surface area (Å²) in [6.45, 7) is 3.46. The van der Waals surface area contributed by atoms with Gasteiger partial charge in [0.05, 0.1) is 47.6 Å². The number of nitrogens with zero attached hydrogens (tertiary/aromatic N) is 4. The number of aliphatic hydroxyl groups is 1. The van der Waals surface area contributed by atoms with Crippen LogP contribution in [0.1, 0.15) is 19.7 Å². The first-order valence-corrected chi connectivity index (χ1v) is 9.75. The molecule has 0 radical (unpaired) electrons. The zero-order chi connectivity index (χ0) is 19.3. The van der Waals surface area contributed by atoms with Gasteiger partial charge in [0.1, 0.15) is 5.82 Å². The molecule has 1 fully saturated rings. The number of thioether (sulfide) groups is 1. The molecule has 0 saturated carbocycles. The first kappa shape index (κ1) is 21.3. The van der Waals surface area contributed by atoms with Crippen molar-refractivity contribution < 1.29 is 49.4 Å². The summed E-state index contributed by atoms with van der Waals surface area (Å²) < 4.78 is 1.94. The minimum Gasteiger partial charge on any atom is -0.543 e. The van der Waals surface area contributed by atoms with Gasteiger partial charge in [-0.15, -0.1) is 11.8 Å². The maximum Gasteiger partial charge on any atom is 1.00 e. The SMILES string of the molecule is C[C@@H](O)[C@H]1C(=O)N2C(C(=O)[O-])=C(SCCc3ncc4cnccn34)[C@H](C)[C@H]12.[Na+]. The van der Waals surface area contributed by atoms with Gasteiger partial charge in [-0.05, 0) is 6.92 Å². The standard InChI is InChI=1S/C18H20N4O4S.Na/c1-9-14-13(10(2)23)17(24)22(14)15(18(25)26)16(9)27-6-3-12-20-8-11-7-19-4-5-21(11)12;/h4-5,7-10,13-14,23H,3,6H2,1-2H3,(H,25,26);/q;+1/p-1/t9-,10-,13-,14-;/m1./s1. The second kappa shape index (κ2) is 8.16. The Morgan fingerprint density at radius 1 is 1.43 bits per heavy atom. The summed E-state index contributed by atoms with van der Waals surface area (Å²) in [5.41, 5.74) is 0.854. The number of aliphatic carboxylic acids is 1. The third-order valence-electron chi connectivity index (χ3n) is 5.30. The van der Waals surface area contributed by atoms with Gasteiger partial charge < -0.3 is 24.3 Å². The van der Waals surface area contributed by atoms with Crippen LogP contribution in [-0.4, -0.2) is 54.2 Å². The van der Waals surface area contributed by atoms with Gasteiger partial charge in [-0.1, -0.05) is 6.92 Å². The van der Waals surface area contributed by atoms with Gasteiger partial charge in [0.25, 0.3) is 0 Å². The minimum atomic E-state index is -1.35. The Bertz CT molecular complexity index is 960. The van der Waals surface area contributed by atoms with Gasteiger partial charge in [-0.2, -0.15) is 0 Å². The monoisotopic (exact) mass is 410 g/mol. The molecular weight excluding hydrogens is 391 g/mol.